The summed E-state index contributed by atoms with van der Waals surface area (Å²) in [6.45, 7) is 31.2. The van der Waals surface area contributed by atoms with E-state index in [4.69, 9.17) is 4.98 Å². The van der Waals surface area contributed by atoms with Gasteiger partial charge in [0.25, 0.3) is 0 Å². The number of phenols is 2. The maximum atomic E-state index is 12.7. The summed E-state index contributed by atoms with van der Waals surface area (Å²) in [4.78, 5) is 5.64. The molecule has 6 aromatic carbocycles. The summed E-state index contributed by atoms with van der Waals surface area (Å²) in [6, 6.07) is 45.3. The second kappa shape index (κ2) is 16.9. The Balaban J connectivity index is 1.28. The summed E-state index contributed by atoms with van der Waals surface area (Å²) in [5, 5.41) is 27.6. The highest BCUT2D eigenvalue weighted by Crippen LogP contribution is 2.50. The molecule has 0 saturated carbocycles. The molecule has 0 saturated heterocycles. The topological polar surface area (TPSA) is 63.2 Å². The first kappa shape index (κ1) is 48.2. The number of benzene rings is 6. The predicted molar refractivity (Wildman–Crippen MR) is 297 cm³/mol. The third kappa shape index (κ3) is 8.52. The van der Waals surface area contributed by atoms with E-state index < -0.39 is 0 Å². The summed E-state index contributed by atoms with van der Waals surface area (Å²) in [6.07, 6.45) is 0. The number of aryl methyl sites for hydroxylation is 4. The highest BCUT2D eigenvalue weighted by Gasteiger charge is 2.29. The van der Waals surface area contributed by atoms with Crippen LogP contribution in [0.4, 0.5) is 0 Å². The summed E-state index contributed by atoms with van der Waals surface area (Å²) in [7, 11) is 4.18. The highest BCUT2D eigenvalue weighted by molar-refractivity contribution is 6.08. The van der Waals surface area contributed by atoms with Crippen LogP contribution >= 0.6 is 0 Å². The molecule has 0 spiro atoms. The minimum absolute atomic E-state index is 0.0868. The quantitative estimate of drug-likeness (QED) is 0.175. The minimum atomic E-state index is -0.0868. The Bertz CT molecular complexity index is 3240. The molecule has 0 bridgehead atoms. The zero-order valence-electron chi connectivity index (χ0n) is 44.4. The van der Waals surface area contributed by atoms with Crippen LogP contribution in [-0.4, -0.2) is 24.3 Å². The van der Waals surface area contributed by atoms with Crippen molar-refractivity contribution in [2.24, 2.45) is 14.1 Å². The van der Waals surface area contributed by atoms with Gasteiger partial charge < -0.3 is 19.3 Å². The summed E-state index contributed by atoms with van der Waals surface area (Å²) < 4.78 is 4.41. The number of nitrogens with zero attached hydrogens (tertiary/aromatic N) is 3. The second-order valence-electron chi connectivity index (χ2n) is 24.0. The Kier molecular flexibility index (Phi) is 11.7. The molecular formula is C65H71N3O2. The zero-order valence-corrected chi connectivity index (χ0v) is 44.4. The molecule has 0 fully saturated rings. The van der Waals surface area contributed by atoms with Gasteiger partial charge in [0.05, 0.1) is 22.8 Å². The van der Waals surface area contributed by atoms with E-state index >= 15 is 0 Å². The molecule has 9 rings (SSSR count). The lowest BCUT2D eigenvalue weighted by Gasteiger charge is -2.26. The predicted octanol–water partition coefficient (Wildman–Crippen LogP) is 17.3. The first-order chi connectivity index (χ1) is 32.7. The standard InChI is InChI=1S/C65H71N3O2/c1-38-28-48(40-32-42(62(3,4)5)36-43(33-40)63(6,7)8)60(69)50(30-38)58-56(46-22-17-19-26-54(46)67(58)15)52-24-21-25-53(66-52)57-47-23-18-20-27-55(47)68(16)59(57)51-31-39(2)29-49(61(51)70)41-34-44(64(9,10)11)37-45(35-41)65(12,13)14/h17-37,69-70H,1-16H3. The summed E-state index contributed by atoms with van der Waals surface area (Å²) in [5.41, 5.74) is 19.2. The fourth-order valence-corrected chi connectivity index (χ4v) is 10.3. The molecule has 3 aromatic heterocycles. The van der Waals surface area contributed by atoms with Gasteiger partial charge in [0, 0.05) is 69.3 Å². The van der Waals surface area contributed by atoms with Gasteiger partial charge in [-0.1, -0.05) is 162 Å². The monoisotopic (exact) mass is 926 g/mol. The molecule has 9 aromatic rings. The van der Waals surface area contributed by atoms with Crippen molar-refractivity contribution >= 4 is 21.8 Å². The molecule has 0 aliphatic heterocycles. The van der Waals surface area contributed by atoms with Crippen molar-refractivity contribution in [1.29, 1.82) is 0 Å². The minimum Gasteiger partial charge on any atom is -0.507 e. The van der Waals surface area contributed by atoms with Crippen LogP contribution in [0, 0.1) is 13.8 Å². The van der Waals surface area contributed by atoms with Crippen molar-refractivity contribution in [3.05, 3.63) is 161 Å². The maximum absolute atomic E-state index is 12.7. The molecule has 0 unspecified atom stereocenters. The van der Waals surface area contributed by atoms with Gasteiger partial charge in [-0.2, -0.15) is 0 Å². The van der Waals surface area contributed by atoms with Crippen molar-refractivity contribution in [2.45, 2.75) is 119 Å². The van der Waals surface area contributed by atoms with E-state index in [1.807, 2.05) is 0 Å². The molecule has 2 N–H and O–H groups in total. The van der Waals surface area contributed by atoms with Crippen molar-refractivity contribution < 1.29 is 10.2 Å². The Hall–Kier alpha value is -6.85. The average molecular weight is 926 g/mol. The van der Waals surface area contributed by atoms with Crippen LogP contribution in [0.25, 0.3) is 89.1 Å². The number of pyridine rings is 1. The molecule has 0 radical (unpaired) electrons. The number of fused-ring (bicyclic) bond motifs is 2. The van der Waals surface area contributed by atoms with Crippen LogP contribution in [0.3, 0.4) is 0 Å². The normalized spacial score (nSPS) is 12.7. The van der Waals surface area contributed by atoms with Crippen LogP contribution in [-0.2, 0) is 35.8 Å². The third-order valence-electron chi connectivity index (χ3n) is 14.4. The van der Waals surface area contributed by atoms with E-state index in [2.05, 4.69) is 248 Å². The number of aromatic nitrogens is 3. The zero-order chi connectivity index (χ0) is 50.6. The van der Waals surface area contributed by atoms with Gasteiger partial charge in [0.2, 0.25) is 0 Å². The van der Waals surface area contributed by atoms with Gasteiger partial charge in [-0.05, 0) is 129 Å². The number of hydrogen-bond donors (Lipinski definition) is 2. The lowest BCUT2D eigenvalue weighted by atomic mass is 9.78. The van der Waals surface area contributed by atoms with Crippen molar-refractivity contribution in [3.8, 4) is 78.8 Å². The SMILES string of the molecule is Cc1cc(-c2cc(C(C)(C)C)cc(C(C)(C)C)c2)c(O)c(-c2c(-c3cccc(-c4c(-c5cc(C)cc(-c6cc(C(C)(C)C)cc(C(C)(C)C)c6)c5O)n(C)c5ccccc45)n3)c3ccccc3n2C)c1. The summed E-state index contributed by atoms with van der Waals surface area (Å²) in [5.74, 6) is 0.481. The van der Waals surface area contributed by atoms with Crippen LogP contribution in [0.1, 0.15) is 116 Å². The Labute approximate surface area is 416 Å². The lowest BCUT2D eigenvalue weighted by molar-refractivity contribution is 0.478. The molecule has 0 amide bonds. The fraction of sp³-hybridized carbons (Fsp3) is 0.308. The van der Waals surface area contributed by atoms with Gasteiger partial charge in [-0.3, -0.25) is 0 Å². The van der Waals surface area contributed by atoms with Crippen LogP contribution in [0.15, 0.2) is 127 Å². The molecular weight excluding hydrogens is 855 g/mol. The fourth-order valence-electron chi connectivity index (χ4n) is 10.3. The first-order valence-electron chi connectivity index (χ1n) is 24.9. The number of para-hydroxylation sites is 2. The van der Waals surface area contributed by atoms with Crippen LogP contribution < -0.4 is 0 Å². The molecule has 0 aliphatic rings. The van der Waals surface area contributed by atoms with Gasteiger partial charge >= 0.3 is 0 Å². The Morgan fingerprint density at radius 1 is 0.386 bits per heavy atom. The lowest BCUT2D eigenvalue weighted by Crippen LogP contribution is -2.16. The Morgan fingerprint density at radius 2 is 0.700 bits per heavy atom. The van der Waals surface area contributed by atoms with Gasteiger partial charge in [-0.15, -0.1) is 0 Å². The van der Waals surface area contributed by atoms with E-state index in [-0.39, 0.29) is 33.2 Å². The number of aromatic hydroxyl groups is 2. The molecule has 358 valence electrons. The molecule has 5 nitrogen and oxygen atoms in total. The van der Waals surface area contributed by atoms with Crippen molar-refractivity contribution in [1.82, 2.24) is 14.1 Å². The van der Waals surface area contributed by atoms with Crippen molar-refractivity contribution in [3.63, 3.8) is 0 Å². The molecule has 3 heterocycles. The van der Waals surface area contributed by atoms with Crippen LogP contribution in [0.2, 0.25) is 0 Å². The second-order valence-corrected chi connectivity index (χ2v) is 24.0. The van der Waals surface area contributed by atoms with E-state index in [1.54, 1.807) is 0 Å². The molecule has 0 atom stereocenters. The first-order valence-corrected chi connectivity index (χ1v) is 24.9. The van der Waals surface area contributed by atoms with Gasteiger partial charge in [-0.25, -0.2) is 4.98 Å². The largest absolute Gasteiger partial charge is 0.507 e. The average Bonchev–Trinajstić information content (AvgIpc) is 3.76. The van der Waals surface area contributed by atoms with Crippen LogP contribution in [0.5, 0.6) is 11.5 Å². The van der Waals surface area contributed by atoms with Gasteiger partial charge in [0.15, 0.2) is 0 Å². The number of phenolic OH excluding ortho intramolecular Hbond substituents is 2. The maximum Gasteiger partial charge on any atom is 0.132 e. The van der Waals surface area contributed by atoms with Gasteiger partial charge in [0.1, 0.15) is 11.5 Å². The molecule has 5 heteroatoms. The molecule has 0 aliphatic carbocycles. The third-order valence-corrected chi connectivity index (χ3v) is 14.4. The summed E-state index contributed by atoms with van der Waals surface area (Å²) >= 11 is 0. The van der Waals surface area contributed by atoms with Crippen molar-refractivity contribution in [2.75, 3.05) is 0 Å². The van der Waals surface area contributed by atoms with E-state index in [0.717, 1.165) is 100 Å². The number of hydrogen-bond acceptors (Lipinski definition) is 3. The highest BCUT2D eigenvalue weighted by atomic mass is 16.3. The number of rotatable bonds is 6. The van der Waals surface area contributed by atoms with E-state index in [0.29, 0.717) is 0 Å². The smallest absolute Gasteiger partial charge is 0.132 e. The Morgan fingerprint density at radius 3 is 1.03 bits per heavy atom. The molecule has 70 heavy (non-hydrogen) atoms. The van der Waals surface area contributed by atoms with E-state index in [1.165, 1.54) is 22.3 Å². The van der Waals surface area contributed by atoms with E-state index in [9.17, 15) is 10.2 Å².